The first-order valence-electron chi connectivity index (χ1n) is 10.0. The van der Waals surface area contributed by atoms with Gasteiger partial charge in [0.15, 0.2) is 6.10 Å². The standard InChI is InChI=1S/C24H31NO3/c1-15(2)18-12-11-16(3)13-22(18)27-17(4)23(26)25-20-14-24(5,6)28-21-10-8-7-9-19(20)21/h7-13,15,17,20H,14H2,1-6H3,(H,25,26)/t17-,20-/m1/s1. The van der Waals surface area contributed by atoms with Crippen molar-refractivity contribution in [3.05, 3.63) is 59.2 Å². The third-order valence-electron chi connectivity index (χ3n) is 5.16. The summed E-state index contributed by atoms with van der Waals surface area (Å²) in [6.07, 6.45) is 0.127. The van der Waals surface area contributed by atoms with Gasteiger partial charge in [-0.05, 0) is 56.9 Å². The highest BCUT2D eigenvalue weighted by Crippen LogP contribution is 2.39. The van der Waals surface area contributed by atoms with E-state index in [1.54, 1.807) is 6.92 Å². The largest absolute Gasteiger partial charge is 0.487 e. The highest BCUT2D eigenvalue weighted by atomic mass is 16.5. The fraction of sp³-hybridized carbons (Fsp3) is 0.458. The van der Waals surface area contributed by atoms with Crippen LogP contribution in [0.4, 0.5) is 0 Å². The second-order valence-corrected chi connectivity index (χ2v) is 8.62. The van der Waals surface area contributed by atoms with Crippen LogP contribution in [0.25, 0.3) is 0 Å². The molecule has 0 radical (unpaired) electrons. The first-order chi connectivity index (χ1) is 13.2. The highest BCUT2D eigenvalue weighted by Gasteiger charge is 2.35. The Bertz CT molecular complexity index is 857. The minimum Gasteiger partial charge on any atom is -0.487 e. The lowest BCUT2D eigenvalue weighted by Crippen LogP contribution is -2.44. The predicted molar refractivity (Wildman–Crippen MR) is 112 cm³/mol. The molecule has 3 rings (SSSR count). The second kappa shape index (κ2) is 7.86. The Morgan fingerprint density at radius 2 is 1.89 bits per heavy atom. The summed E-state index contributed by atoms with van der Waals surface area (Å²) >= 11 is 0. The molecule has 150 valence electrons. The molecule has 1 aliphatic rings. The van der Waals surface area contributed by atoms with Crippen LogP contribution in [0.3, 0.4) is 0 Å². The van der Waals surface area contributed by atoms with Crippen LogP contribution in [0.2, 0.25) is 0 Å². The quantitative estimate of drug-likeness (QED) is 0.764. The monoisotopic (exact) mass is 381 g/mol. The van der Waals surface area contributed by atoms with Gasteiger partial charge in [-0.2, -0.15) is 0 Å². The Hall–Kier alpha value is -2.49. The van der Waals surface area contributed by atoms with Gasteiger partial charge in [-0.15, -0.1) is 0 Å². The van der Waals surface area contributed by atoms with E-state index in [1.165, 1.54) is 0 Å². The van der Waals surface area contributed by atoms with Gasteiger partial charge in [-0.25, -0.2) is 0 Å². The number of carbonyl (C=O) groups excluding carboxylic acids is 1. The molecule has 0 bridgehead atoms. The minimum atomic E-state index is -0.586. The molecule has 2 aromatic rings. The molecule has 4 nitrogen and oxygen atoms in total. The van der Waals surface area contributed by atoms with Crippen molar-refractivity contribution in [1.82, 2.24) is 5.32 Å². The zero-order valence-corrected chi connectivity index (χ0v) is 17.7. The van der Waals surface area contributed by atoms with Gasteiger partial charge in [0, 0.05) is 12.0 Å². The maximum atomic E-state index is 12.9. The van der Waals surface area contributed by atoms with E-state index in [0.29, 0.717) is 12.3 Å². The van der Waals surface area contributed by atoms with E-state index in [9.17, 15) is 4.79 Å². The van der Waals surface area contributed by atoms with Crippen molar-refractivity contribution in [2.45, 2.75) is 71.6 Å². The topological polar surface area (TPSA) is 47.6 Å². The van der Waals surface area contributed by atoms with Crippen LogP contribution >= 0.6 is 0 Å². The third kappa shape index (κ3) is 4.49. The van der Waals surface area contributed by atoms with E-state index in [2.05, 4.69) is 31.3 Å². The molecule has 4 heteroatoms. The van der Waals surface area contributed by atoms with Crippen molar-refractivity contribution < 1.29 is 14.3 Å². The Morgan fingerprint density at radius 3 is 2.61 bits per heavy atom. The van der Waals surface area contributed by atoms with Crippen molar-refractivity contribution in [2.75, 3.05) is 0 Å². The minimum absolute atomic E-state index is 0.0967. The molecule has 0 saturated heterocycles. The van der Waals surface area contributed by atoms with Crippen molar-refractivity contribution >= 4 is 5.91 Å². The number of amides is 1. The first-order valence-corrected chi connectivity index (χ1v) is 10.0. The molecule has 1 heterocycles. The van der Waals surface area contributed by atoms with Crippen molar-refractivity contribution in [2.24, 2.45) is 0 Å². The van der Waals surface area contributed by atoms with Gasteiger partial charge in [-0.3, -0.25) is 4.79 Å². The van der Waals surface area contributed by atoms with E-state index < -0.39 is 6.10 Å². The summed E-state index contributed by atoms with van der Waals surface area (Å²) in [5.74, 6) is 1.83. The number of aryl methyl sites for hydroxylation is 1. The summed E-state index contributed by atoms with van der Waals surface area (Å²) < 4.78 is 12.1. The second-order valence-electron chi connectivity index (χ2n) is 8.62. The molecule has 0 unspecified atom stereocenters. The molecule has 0 fully saturated rings. The maximum Gasteiger partial charge on any atom is 0.261 e. The van der Waals surface area contributed by atoms with Gasteiger partial charge < -0.3 is 14.8 Å². The first kappa shape index (κ1) is 20.2. The van der Waals surface area contributed by atoms with E-state index in [-0.39, 0.29) is 17.6 Å². The lowest BCUT2D eigenvalue weighted by molar-refractivity contribution is -0.128. The normalized spacial score (nSPS) is 18.8. The molecule has 0 saturated carbocycles. The summed E-state index contributed by atoms with van der Waals surface area (Å²) in [6, 6.07) is 14.0. The van der Waals surface area contributed by atoms with Crippen molar-refractivity contribution in [3.63, 3.8) is 0 Å². The number of hydrogen-bond donors (Lipinski definition) is 1. The molecule has 1 N–H and O–H groups in total. The number of carbonyl (C=O) groups is 1. The fourth-order valence-corrected chi connectivity index (χ4v) is 3.68. The lowest BCUT2D eigenvalue weighted by Gasteiger charge is -2.38. The van der Waals surface area contributed by atoms with Gasteiger partial charge in [-0.1, -0.05) is 44.2 Å². The number of hydrogen-bond acceptors (Lipinski definition) is 3. The summed E-state index contributed by atoms with van der Waals surface area (Å²) in [7, 11) is 0. The van der Waals surface area contributed by atoms with Crippen LogP contribution < -0.4 is 14.8 Å². The van der Waals surface area contributed by atoms with Crippen molar-refractivity contribution in [1.29, 1.82) is 0 Å². The zero-order valence-electron chi connectivity index (χ0n) is 17.7. The molecule has 0 aliphatic carbocycles. The predicted octanol–water partition coefficient (Wildman–Crippen LogP) is 5.30. The van der Waals surface area contributed by atoms with Crippen molar-refractivity contribution in [3.8, 4) is 11.5 Å². The average Bonchev–Trinajstić information content (AvgIpc) is 2.60. The number of rotatable bonds is 5. The zero-order chi connectivity index (χ0) is 20.5. The Kier molecular flexibility index (Phi) is 5.69. The van der Waals surface area contributed by atoms with Crippen LogP contribution in [0.1, 0.15) is 69.7 Å². The van der Waals surface area contributed by atoms with Crippen LogP contribution in [-0.4, -0.2) is 17.6 Å². The van der Waals surface area contributed by atoms with E-state index >= 15 is 0 Å². The van der Waals surface area contributed by atoms with Gasteiger partial charge in [0.05, 0.1) is 6.04 Å². The Morgan fingerprint density at radius 1 is 1.18 bits per heavy atom. The molecular weight excluding hydrogens is 350 g/mol. The average molecular weight is 382 g/mol. The summed E-state index contributed by atoms with van der Waals surface area (Å²) in [6.45, 7) is 12.2. The third-order valence-corrected chi connectivity index (χ3v) is 5.16. The van der Waals surface area contributed by atoms with E-state index in [0.717, 1.165) is 28.2 Å². The van der Waals surface area contributed by atoms with E-state index in [4.69, 9.17) is 9.47 Å². The molecule has 28 heavy (non-hydrogen) atoms. The molecule has 2 atom stereocenters. The summed E-state index contributed by atoms with van der Waals surface area (Å²) in [5.41, 5.74) is 2.91. The molecule has 1 amide bonds. The number of fused-ring (bicyclic) bond motifs is 1. The summed E-state index contributed by atoms with van der Waals surface area (Å²) in [4.78, 5) is 12.9. The molecular formula is C24H31NO3. The van der Waals surface area contributed by atoms with E-state index in [1.807, 2.05) is 51.1 Å². The number of nitrogens with one attached hydrogen (secondary N) is 1. The van der Waals surface area contributed by atoms with Crippen LogP contribution in [0, 0.1) is 6.92 Å². The number of ether oxygens (including phenoxy) is 2. The van der Waals surface area contributed by atoms with Gasteiger partial charge in [0.1, 0.15) is 17.1 Å². The summed E-state index contributed by atoms with van der Waals surface area (Å²) in [5, 5.41) is 3.17. The van der Waals surface area contributed by atoms with Gasteiger partial charge in [0.25, 0.3) is 5.91 Å². The van der Waals surface area contributed by atoms with Gasteiger partial charge in [0.2, 0.25) is 0 Å². The Labute approximate surface area is 168 Å². The molecule has 1 aliphatic heterocycles. The number of para-hydroxylation sites is 1. The van der Waals surface area contributed by atoms with Crippen LogP contribution in [0.5, 0.6) is 11.5 Å². The Balaban J connectivity index is 1.76. The lowest BCUT2D eigenvalue weighted by atomic mass is 9.89. The maximum absolute atomic E-state index is 12.9. The van der Waals surface area contributed by atoms with Gasteiger partial charge >= 0.3 is 0 Å². The molecule has 2 aromatic carbocycles. The van der Waals surface area contributed by atoms with Crippen LogP contribution in [0.15, 0.2) is 42.5 Å². The molecule has 0 spiro atoms. The molecule has 0 aromatic heterocycles. The number of benzene rings is 2. The SMILES string of the molecule is Cc1ccc(C(C)C)c(O[C@H](C)C(=O)N[C@@H]2CC(C)(C)Oc3ccccc32)c1. The smallest absolute Gasteiger partial charge is 0.261 e. The fourth-order valence-electron chi connectivity index (χ4n) is 3.68. The van der Waals surface area contributed by atoms with Crippen LogP contribution in [-0.2, 0) is 4.79 Å². The highest BCUT2D eigenvalue weighted by molar-refractivity contribution is 5.81.